The second-order valence-corrected chi connectivity index (χ2v) is 7.18. The first-order chi connectivity index (χ1) is 9.54. The van der Waals surface area contributed by atoms with Crippen molar-refractivity contribution in [1.82, 2.24) is 0 Å². The van der Waals surface area contributed by atoms with Crippen LogP contribution >= 0.6 is 15.9 Å². The van der Waals surface area contributed by atoms with E-state index in [1.165, 1.54) is 0 Å². The molecule has 0 aromatic heterocycles. The van der Waals surface area contributed by atoms with Crippen LogP contribution in [0.3, 0.4) is 0 Å². The van der Waals surface area contributed by atoms with E-state index in [4.69, 9.17) is 9.47 Å². The molecule has 0 atom stereocenters. The van der Waals surface area contributed by atoms with Crippen LogP contribution in [-0.2, 0) is 15.2 Å². The second-order valence-electron chi connectivity index (χ2n) is 4.31. The largest absolute Gasteiger partial charge is 0.490 e. The molecule has 0 saturated carbocycles. The van der Waals surface area contributed by atoms with Gasteiger partial charge >= 0.3 is 0 Å². The molecule has 0 fully saturated rings. The fraction of sp³-hybridized carbons (Fsp3) is 0.571. The van der Waals surface area contributed by atoms with Gasteiger partial charge in [-0.25, -0.2) is 8.42 Å². The summed E-state index contributed by atoms with van der Waals surface area (Å²) in [5, 5.41) is 0.630. The topological polar surface area (TPSA) is 52.6 Å². The third-order valence-corrected chi connectivity index (χ3v) is 5.08. The molecular weight excluding hydrogens is 344 g/mol. The highest BCUT2D eigenvalue weighted by Gasteiger charge is 2.13. The summed E-state index contributed by atoms with van der Waals surface area (Å²) in [7, 11) is -3.02. The van der Waals surface area contributed by atoms with Gasteiger partial charge in [0.05, 0.1) is 18.1 Å². The number of ether oxygens (including phenoxy) is 2. The predicted molar refractivity (Wildman–Crippen MR) is 84.7 cm³/mol. The first-order valence-corrected chi connectivity index (χ1v) is 9.62. The molecule has 20 heavy (non-hydrogen) atoms. The fourth-order valence-corrected chi connectivity index (χ4v) is 3.39. The van der Waals surface area contributed by atoms with Crippen LogP contribution in [0.25, 0.3) is 0 Å². The number of alkyl halides is 1. The van der Waals surface area contributed by atoms with Crippen molar-refractivity contribution >= 4 is 25.8 Å². The minimum Gasteiger partial charge on any atom is -0.490 e. The summed E-state index contributed by atoms with van der Waals surface area (Å²) in [5.74, 6) is 1.51. The number of rotatable bonds is 9. The van der Waals surface area contributed by atoms with Crippen LogP contribution in [0.4, 0.5) is 0 Å². The highest BCUT2D eigenvalue weighted by molar-refractivity contribution is 9.08. The molecule has 0 bridgehead atoms. The van der Waals surface area contributed by atoms with Gasteiger partial charge < -0.3 is 9.47 Å². The monoisotopic (exact) mass is 364 g/mol. The molecule has 0 spiro atoms. The van der Waals surface area contributed by atoms with Crippen LogP contribution in [0.5, 0.6) is 11.5 Å². The quantitative estimate of drug-likeness (QED) is 0.631. The van der Waals surface area contributed by atoms with Crippen LogP contribution in [0.15, 0.2) is 18.2 Å². The molecule has 1 aromatic rings. The fourth-order valence-electron chi connectivity index (χ4n) is 1.78. The van der Waals surface area contributed by atoms with Gasteiger partial charge in [0.1, 0.15) is 6.61 Å². The van der Waals surface area contributed by atoms with Gasteiger partial charge in [-0.1, -0.05) is 35.0 Å². The molecule has 0 saturated heterocycles. The number of para-hydroxylation sites is 1. The number of halogens is 1. The van der Waals surface area contributed by atoms with Crippen LogP contribution < -0.4 is 9.47 Å². The van der Waals surface area contributed by atoms with E-state index in [9.17, 15) is 8.42 Å². The lowest BCUT2D eigenvalue weighted by Crippen LogP contribution is -2.17. The molecule has 0 heterocycles. The Bertz CT molecular complexity index is 514. The van der Waals surface area contributed by atoms with Gasteiger partial charge in [-0.3, -0.25) is 0 Å². The Hall–Kier alpha value is -0.750. The van der Waals surface area contributed by atoms with Crippen molar-refractivity contribution in [2.75, 3.05) is 24.7 Å². The molecule has 6 heteroatoms. The summed E-state index contributed by atoms with van der Waals surface area (Å²) in [6, 6.07) is 5.64. The van der Waals surface area contributed by atoms with Gasteiger partial charge in [-0.2, -0.15) is 0 Å². The molecule has 0 aliphatic rings. The molecule has 0 amide bonds. The van der Waals surface area contributed by atoms with E-state index < -0.39 is 9.84 Å². The number of hydrogen-bond acceptors (Lipinski definition) is 4. The van der Waals surface area contributed by atoms with E-state index in [1.807, 2.05) is 32.0 Å². The van der Waals surface area contributed by atoms with Gasteiger partial charge in [0.15, 0.2) is 21.3 Å². The van der Waals surface area contributed by atoms with Gasteiger partial charge in [0, 0.05) is 10.9 Å². The van der Waals surface area contributed by atoms with E-state index in [0.717, 1.165) is 5.56 Å². The summed E-state index contributed by atoms with van der Waals surface area (Å²) in [4.78, 5) is 0. The average molecular weight is 365 g/mol. The molecule has 4 nitrogen and oxygen atoms in total. The van der Waals surface area contributed by atoms with Crippen molar-refractivity contribution in [2.24, 2.45) is 0 Å². The Kier molecular flexibility index (Phi) is 7.37. The van der Waals surface area contributed by atoms with E-state index in [-0.39, 0.29) is 18.1 Å². The smallest absolute Gasteiger partial charge is 0.165 e. The maximum atomic E-state index is 11.7. The molecule has 0 N–H and O–H groups in total. The van der Waals surface area contributed by atoms with Crippen molar-refractivity contribution in [1.29, 1.82) is 0 Å². The van der Waals surface area contributed by atoms with E-state index in [1.54, 1.807) is 0 Å². The standard InChI is InChI=1S/C14H21BrO4S/c1-3-9-20(16,17)10-8-19-14-12(11-15)6-5-7-13(14)18-4-2/h5-7H,3-4,8-11H2,1-2H3. The second kappa shape index (κ2) is 8.52. The Balaban J connectivity index is 2.75. The highest BCUT2D eigenvalue weighted by atomic mass is 79.9. The lowest BCUT2D eigenvalue weighted by molar-refractivity contribution is 0.286. The maximum absolute atomic E-state index is 11.7. The minimum absolute atomic E-state index is 0.0308. The Labute approximate surface area is 129 Å². The Morgan fingerprint density at radius 1 is 1.15 bits per heavy atom. The summed E-state index contributed by atoms with van der Waals surface area (Å²) >= 11 is 3.40. The van der Waals surface area contributed by atoms with Gasteiger partial charge in [0.2, 0.25) is 0 Å². The lowest BCUT2D eigenvalue weighted by atomic mass is 10.2. The lowest BCUT2D eigenvalue weighted by Gasteiger charge is -2.15. The van der Waals surface area contributed by atoms with Crippen molar-refractivity contribution < 1.29 is 17.9 Å². The normalized spacial score (nSPS) is 11.3. The average Bonchev–Trinajstić information content (AvgIpc) is 2.40. The molecule has 0 radical (unpaired) electrons. The summed E-state index contributed by atoms with van der Waals surface area (Å²) in [6.07, 6.45) is 0.629. The summed E-state index contributed by atoms with van der Waals surface area (Å²) in [5.41, 5.74) is 0.948. The third kappa shape index (κ3) is 5.32. The van der Waals surface area contributed by atoms with Crippen LogP contribution in [-0.4, -0.2) is 33.1 Å². The molecule has 114 valence electrons. The first-order valence-electron chi connectivity index (χ1n) is 6.68. The summed E-state index contributed by atoms with van der Waals surface area (Å²) < 4.78 is 34.5. The minimum atomic E-state index is -3.02. The van der Waals surface area contributed by atoms with Crippen LogP contribution in [0.1, 0.15) is 25.8 Å². The predicted octanol–water partition coefficient (Wildman–Crippen LogP) is 3.18. The molecule has 0 aliphatic carbocycles. The number of sulfone groups is 1. The SMILES string of the molecule is CCCS(=O)(=O)CCOc1c(CBr)cccc1OCC. The Morgan fingerprint density at radius 3 is 2.50 bits per heavy atom. The van der Waals surface area contributed by atoms with Gasteiger partial charge in [-0.15, -0.1) is 0 Å². The van der Waals surface area contributed by atoms with Crippen molar-refractivity contribution in [3.8, 4) is 11.5 Å². The maximum Gasteiger partial charge on any atom is 0.165 e. The zero-order valence-electron chi connectivity index (χ0n) is 11.9. The molecule has 1 rings (SSSR count). The number of hydrogen-bond donors (Lipinski definition) is 0. The molecule has 1 aromatic carbocycles. The molecule has 0 unspecified atom stereocenters. The van der Waals surface area contributed by atoms with Gasteiger partial charge in [-0.05, 0) is 19.4 Å². The van der Waals surface area contributed by atoms with Crippen LogP contribution in [0.2, 0.25) is 0 Å². The van der Waals surface area contributed by atoms with Crippen molar-refractivity contribution in [3.63, 3.8) is 0 Å². The molecule has 0 aliphatic heterocycles. The van der Waals surface area contributed by atoms with E-state index in [0.29, 0.717) is 29.9 Å². The molecular formula is C14H21BrO4S. The third-order valence-electron chi connectivity index (χ3n) is 2.66. The van der Waals surface area contributed by atoms with Crippen molar-refractivity contribution in [3.05, 3.63) is 23.8 Å². The zero-order chi connectivity index (χ0) is 15.0. The van der Waals surface area contributed by atoms with Crippen molar-refractivity contribution in [2.45, 2.75) is 25.6 Å². The highest BCUT2D eigenvalue weighted by Crippen LogP contribution is 2.32. The van der Waals surface area contributed by atoms with E-state index in [2.05, 4.69) is 15.9 Å². The van der Waals surface area contributed by atoms with Gasteiger partial charge in [0.25, 0.3) is 0 Å². The van der Waals surface area contributed by atoms with Crippen LogP contribution in [0, 0.1) is 0 Å². The zero-order valence-corrected chi connectivity index (χ0v) is 14.3. The summed E-state index contributed by atoms with van der Waals surface area (Å²) in [6.45, 7) is 4.44. The Morgan fingerprint density at radius 2 is 1.90 bits per heavy atom. The van der Waals surface area contributed by atoms with E-state index >= 15 is 0 Å². The first kappa shape index (κ1) is 17.3. The number of benzene rings is 1.